The highest BCUT2D eigenvalue weighted by atomic mass is 19.1. The second kappa shape index (κ2) is 5.77. The van der Waals surface area contributed by atoms with Crippen molar-refractivity contribution in [2.45, 2.75) is 25.3 Å². The summed E-state index contributed by atoms with van der Waals surface area (Å²) in [4.78, 5) is 28.8. The van der Waals surface area contributed by atoms with Crippen molar-refractivity contribution in [1.82, 2.24) is 9.88 Å². The Morgan fingerprint density at radius 1 is 1.47 bits per heavy atom. The summed E-state index contributed by atoms with van der Waals surface area (Å²) in [5.41, 5.74) is -0.113. The van der Waals surface area contributed by atoms with Gasteiger partial charge in [0.2, 0.25) is 5.95 Å². The van der Waals surface area contributed by atoms with Crippen LogP contribution in [0.3, 0.4) is 0 Å². The Morgan fingerprint density at radius 2 is 2.26 bits per heavy atom. The molecule has 0 aliphatic carbocycles. The van der Waals surface area contributed by atoms with Crippen molar-refractivity contribution in [2.24, 2.45) is 0 Å². The number of hydrogen-bond donors (Lipinski definition) is 0. The van der Waals surface area contributed by atoms with Crippen molar-refractivity contribution in [3.63, 3.8) is 0 Å². The van der Waals surface area contributed by atoms with Gasteiger partial charge in [-0.1, -0.05) is 0 Å². The standard InChI is InChI=1S/C13H15FN2O3/c1-19-13(18)10-6-2-3-8-16(10)12(17)9-5-4-7-15-11(9)14/h4-5,7,10H,2-3,6,8H2,1H3/t10-/m1/s1. The second-order valence-electron chi connectivity index (χ2n) is 4.38. The number of aromatic nitrogens is 1. The lowest BCUT2D eigenvalue weighted by Crippen LogP contribution is -2.48. The highest BCUT2D eigenvalue weighted by Crippen LogP contribution is 2.21. The summed E-state index contributed by atoms with van der Waals surface area (Å²) in [5.74, 6) is -1.79. The molecule has 2 heterocycles. The van der Waals surface area contributed by atoms with E-state index in [0.717, 1.165) is 12.8 Å². The Kier molecular flexibility index (Phi) is 4.09. The Balaban J connectivity index is 2.25. The van der Waals surface area contributed by atoms with Crippen LogP contribution in [0.15, 0.2) is 18.3 Å². The van der Waals surface area contributed by atoms with Crippen LogP contribution in [0.4, 0.5) is 4.39 Å². The molecule has 0 unspecified atom stereocenters. The number of likely N-dealkylation sites (tertiary alicyclic amines) is 1. The smallest absolute Gasteiger partial charge is 0.328 e. The van der Waals surface area contributed by atoms with Gasteiger partial charge in [-0.15, -0.1) is 0 Å². The van der Waals surface area contributed by atoms with Gasteiger partial charge in [0.05, 0.1) is 12.7 Å². The topological polar surface area (TPSA) is 59.5 Å². The first-order chi connectivity index (χ1) is 9.15. The summed E-state index contributed by atoms with van der Waals surface area (Å²) in [6.45, 7) is 0.424. The fraction of sp³-hybridized carbons (Fsp3) is 0.462. The minimum Gasteiger partial charge on any atom is -0.467 e. The molecular formula is C13H15FN2O3. The van der Waals surface area contributed by atoms with Gasteiger partial charge in [0.25, 0.3) is 5.91 Å². The molecule has 102 valence electrons. The SMILES string of the molecule is COC(=O)[C@H]1CCCCN1C(=O)c1cccnc1F. The maximum absolute atomic E-state index is 13.5. The van der Waals surface area contributed by atoms with Gasteiger partial charge in [0.15, 0.2) is 0 Å². The zero-order valence-electron chi connectivity index (χ0n) is 10.6. The molecule has 0 saturated carbocycles. The Bertz CT molecular complexity index is 493. The van der Waals surface area contributed by atoms with Crippen LogP contribution in [-0.4, -0.2) is 41.5 Å². The Hall–Kier alpha value is -1.98. The van der Waals surface area contributed by atoms with E-state index in [2.05, 4.69) is 4.98 Å². The van der Waals surface area contributed by atoms with Crippen molar-refractivity contribution < 1.29 is 18.7 Å². The molecule has 1 fully saturated rings. The number of hydrogen-bond acceptors (Lipinski definition) is 4. The summed E-state index contributed by atoms with van der Waals surface area (Å²) in [7, 11) is 1.28. The van der Waals surface area contributed by atoms with Crippen LogP contribution in [0.25, 0.3) is 0 Å². The Labute approximate surface area is 110 Å². The molecule has 1 aliphatic heterocycles. The van der Waals surface area contributed by atoms with Gasteiger partial charge in [-0.25, -0.2) is 9.78 Å². The molecule has 0 N–H and O–H groups in total. The van der Waals surface area contributed by atoms with Crippen LogP contribution >= 0.6 is 0 Å². The molecule has 0 radical (unpaired) electrons. The molecule has 1 aromatic rings. The molecule has 19 heavy (non-hydrogen) atoms. The molecule has 1 atom stereocenters. The summed E-state index contributed by atoms with van der Waals surface area (Å²) < 4.78 is 18.2. The van der Waals surface area contributed by atoms with Crippen molar-refractivity contribution in [2.75, 3.05) is 13.7 Å². The maximum Gasteiger partial charge on any atom is 0.328 e. The minimum absolute atomic E-state index is 0.113. The molecule has 1 aromatic heterocycles. The molecule has 5 nitrogen and oxygen atoms in total. The summed E-state index contributed by atoms with van der Waals surface area (Å²) in [6, 6.07) is 2.23. The van der Waals surface area contributed by atoms with Crippen LogP contribution < -0.4 is 0 Å². The number of amides is 1. The molecule has 1 amide bonds. The van der Waals surface area contributed by atoms with Gasteiger partial charge in [0.1, 0.15) is 6.04 Å². The van der Waals surface area contributed by atoms with Crippen LogP contribution in [0.5, 0.6) is 0 Å². The molecular weight excluding hydrogens is 251 g/mol. The third-order valence-electron chi connectivity index (χ3n) is 3.23. The molecule has 1 saturated heterocycles. The number of pyridine rings is 1. The fourth-order valence-corrected chi connectivity index (χ4v) is 2.26. The van der Waals surface area contributed by atoms with Gasteiger partial charge < -0.3 is 9.64 Å². The predicted molar refractivity (Wildman–Crippen MR) is 64.9 cm³/mol. The number of carbonyl (C=O) groups excluding carboxylic acids is 2. The Morgan fingerprint density at radius 3 is 2.95 bits per heavy atom. The van der Waals surface area contributed by atoms with E-state index in [1.54, 1.807) is 0 Å². The van der Waals surface area contributed by atoms with Crippen LogP contribution in [0.2, 0.25) is 0 Å². The average Bonchev–Trinajstić information content (AvgIpc) is 2.46. The van der Waals surface area contributed by atoms with E-state index in [0.29, 0.717) is 13.0 Å². The van der Waals surface area contributed by atoms with Crippen molar-refractivity contribution in [1.29, 1.82) is 0 Å². The largest absolute Gasteiger partial charge is 0.467 e. The third kappa shape index (κ3) is 2.72. The number of halogens is 1. The number of ether oxygens (including phenoxy) is 1. The van der Waals surface area contributed by atoms with Gasteiger partial charge in [-0.05, 0) is 31.4 Å². The first kappa shape index (κ1) is 13.5. The lowest BCUT2D eigenvalue weighted by molar-refractivity contribution is -0.147. The number of carbonyl (C=O) groups is 2. The summed E-state index contributed by atoms with van der Waals surface area (Å²) in [5, 5.41) is 0. The molecule has 6 heteroatoms. The quantitative estimate of drug-likeness (QED) is 0.599. The minimum atomic E-state index is -0.818. The van der Waals surface area contributed by atoms with Crippen molar-refractivity contribution in [3.8, 4) is 0 Å². The summed E-state index contributed by atoms with van der Waals surface area (Å²) in [6.07, 6.45) is 3.46. The molecule has 2 rings (SSSR count). The van der Waals surface area contributed by atoms with Gasteiger partial charge in [-0.3, -0.25) is 4.79 Å². The molecule has 0 bridgehead atoms. The van der Waals surface area contributed by atoms with Crippen molar-refractivity contribution >= 4 is 11.9 Å². The zero-order valence-corrected chi connectivity index (χ0v) is 10.6. The van der Waals surface area contributed by atoms with E-state index < -0.39 is 23.9 Å². The molecule has 1 aliphatic rings. The van der Waals surface area contributed by atoms with E-state index >= 15 is 0 Å². The zero-order chi connectivity index (χ0) is 13.8. The normalized spacial score (nSPS) is 19.1. The van der Waals surface area contributed by atoms with Crippen LogP contribution in [0.1, 0.15) is 29.6 Å². The number of methoxy groups -OCH3 is 1. The molecule has 0 aromatic carbocycles. The van der Waals surface area contributed by atoms with Gasteiger partial charge in [-0.2, -0.15) is 4.39 Å². The van der Waals surface area contributed by atoms with E-state index in [9.17, 15) is 14.0 Å². The number of piperidine rings is 1. The fourth-order valence-electron chi connectivity index (χ4n) is 2.26. The van der Waals surface area contributed by atoms with E-state index in [4.69, 9.17) is 4.74 Å². The predicted octanol–water partition coefficient (Wildman–Crippen LogP) is 1.39. The lowest BCUT2D eigenvalue weighted by Gasteiger charge is -2.33. The highest BCUT2D eigenvalue weighted by molar-refractivity contribution is 5.96. The second-order valence-corrected chi connectivity index (χ2v) is 4.38. The number of rotatable bonds is 2. The third-order valence-corrected chi connectivity index (χ3v) is 3.23. The van der Waals surface area contributed by atoms with Crippen molar-refractivity contribution in [3.05, 3.63) is 29.8 Å². The molecule has 0 spiro atoms. The van der Waals surface area contributed by atoms with E-state index in [1.165, 1.54) is 30.3 Å². The van der Waals surface area contributed by atoms with Crippen LogP contribution in [-0.2, 0) is 9.53 Å². The first-order valence-electron chi connectivity index (χ1n) is 6.14. The highest BCUT2D eigenvalue weighted by Gasteiger charge is 2.34. The number of esters is 1. The van der Waals surface area contributed by atoms with Crippen LogP contribution in [0, 0.1) is 5.95 Å². The van der Waals surface area contributed by atoms with Gasteiger partial charge in [0, 0.05) is 12.7 Å². The monoisotopic (exact) mass is 266 g/mol. The van der Waals surface area contributed by atoms with E-state index in [-0.39, 0.29) is 5.56 Å². The van der Waals surface area contributed by atoms with E-state index in [1.807, 2.05) is 0 Å². The maximum atomic E-state index is 13.5. The summed E-state index contributed by atoms with van der Waals surface area (Å²) >= 11 is 0. The first-order valence-corrected chi connectivity index (χ1v) is 6.14. The average molecular weight is 266 g/mol. The van der Waals surface area contributed by atoms with Gasteiger partial charge >= 0.3 is 5.97 Å². The lowest BCUT2D eigenvalue weighted by atomic mass is 10.0. The number of nitrogens with zero attached hydrogens (tertiary/aromatic N) is 2.